The van der Waals surface area contributed by atoms with E-state index in [2.05, 4.69) is 0 Å². The van der Waals surface area contributed by atoms with Crippen LogP contribution in [0.1, 0.15) is 26.5 Å². The fourth-order valence-electron chi connectivity index (χ4n) is 2.51. The van der Waals surface area contributed by atoms with Gasteiger partial charge in [0.25, 0.3) is 0 Å². The van der Waals surface area contributed by atoms with E-state index in [1.54, 1.807) is 6.92 Å². The van der Waals surface area contributed by atoms with Crippen LogP contribution in [0.15, 0.2) is 40.8 Å². The molecule has 0 saturated carbocycles. The van der Waals surface area contributed by atoms with Gasteiger partial charge in [-0.05, 0) is 43.3 Å². The first-order valence-electron chi connectivity index (χ1n) is 7.63. The predicted octanol–water partition coefficient (Wildman–Crippen LogP) is 4.07. The third-order valence-electron chi connectivity index (χ3n) is 3.89. The zero-order valence-corrected chi connectivity index (χ0v) is 14.0. The van der Waals surface area contributed by atoms with Crippen LogP contribution in [0.25, 0.3) is 11.0 Å². The Morgan fingerprint density at radius 3 is 2.58 bits per heavy atom. The number of hydrogen-bond donors (Lipinski definition) is 0. The summed E-state index contributed by atoms with van der Waals surface area (Å²) in [6.07, 6.45) is 0. The summed E-state index contributed by atoms with van der Waals surface area (Å²) in [5.74, 6) is -2.71. The maximum atomic E-state index is 13.6. The Balaban J connectivity index is 1.73. The number of esters is 1. The van der Waals surface area contributed by atoms with E-state index in [4.69, 9.17) is 13.9 Å². The van der Waals surface area contributed by atoms with E-state index < -0.39 is 30.0 Å². The summed E-state index contributed by atoms with van der Waals surface area (Å²) in [6.45, 7) is 0.998. The van der Waals surface area contributed by atoms with E-state index in [9.17, 15) is 18.4 Å². The summed E-state index contributed by atoms with van der Waals surface area (Å²) in [4.78, 5) is 24.2. The van der Waals surface area contributed by atoms with Crippen molar-refractivity contribution >= 4 is 22.7 Å². The SMILES string of the molecule is COc1ccc(C(=O)COC(=O)c2oc3ccc(F)cc3c2C)cc1F. The van der Waals surface area contributed by atoms with Crippen molar-refractivity contribution in [3.05, 3.63) is 64.9 Å². The maximum absolute atomic E-state index is 13.6. The molecule has 0 atom stereocenters. The molecule has 0 spiro atoms. The second-order valence-electron chi connectivity index (χ2n) is 5.55. The number of ether oxygens (including phenoxy) is 2. The Hall–Kier alpha value is -3.22. The Labute approximate surface area is 147 Å². The van der Waals surface area contributed by atoms with Crippen LogP contribution in [0.5, 0.6) is 5.75 Å². The van der Waals surface area contributed by atoms with Gasteiger partial charge in [-0.3, -0.25) is 4.79 Å². The molecule has 0 bridgehead atoms. The van der Waals surface area contributed by atoms with Gasteiger partial charge in [-0.2, -0.15) is 0 Å². The lowest BCUT2D eigenvalue weighted by Gasteiger charge is -2.05. The molecule has 26 heavy (non-hydrogen) atoms. The van der Waals surface area contributed by atoms with Crippen LogP contribution < -0.4 is 4.74 Å². The van der Waals surface area contributed by atoms with E-state index in [1.165, 1.54) is 37.4 Å². The number of aryl methyl sites for hydroxylation is 1. The smallest absolute Gasteiger partial charge is 0.375 e. The van der Waals surface area contributed by atoms with Crippen LogP contribution in [0, 0.1) is 18.6 Å². The van der Waals surface area contributed by atoms with E-state index in [0.717, 1.165) is 6.07 Å². The minimum atomic E-state index is -0.860. The van der Waals surface area contributed by atoms with Gasteiger partial charge in [0.15, 0.2) is 24.0 Å². The van der Waals surface area contributed by atoms with E-state index in [1.807, 2.05) is 0 Å². The third-order valence-corrected chi connectivity index (χ3v) is 3.89. The molecular formula is C19H14F2O5. The summed E-state index contributed by atoms with van der Waals surface area (Å²) >= 11 is 0. The maximum Gasteiger partial charge on any atom is 0.375 e. The standard InChI is InChI=1S/C19H14F2O5/c1-10-13-8-12(20)4-6-16(13)26-18(10)19(23)25-9-15(22)11-3-5-17(24-2)14(21)7-11/h3-8H,9H2,1-2H3. The first kappa shape index (κ1) is 17.6. The van der Waals surface area contributed by atoms with E-state index in [0.29, 0.717) is 16.5 Å². The van der Waals surface area contributed by atoms with Gasteiger partial charge in [0.2, 0.25) is 5.76 Å². The molecule has 0 aliphatic rings. The molecule has 7 heteroatoms. The zero-order valence-electron chi connectivity index (χ0n) is 14.0. The molecule has 5 nitrogen and oxygen atoms in total. The van der Waals surface area contributed by atoms with Gasteiger partial charge in [0, 0.05) is 16.5 Å². The van der Waals surface area contributed by atoms with Crippen molar-refractivity contribution in [2.24, 2.45) is 0 Å². The van der Waals surface area contributed by atoms with Gasteiger partial charge in [0.1, 0.15) is 11.4 Å². The highest BCUT2D eigenvalue weighted by Crippen LogP contribution is 2.26. The molecule has 0 aliphatic carbocycles. The fraction of sp³-hybridized carbons (Fsp3) is 0.158. The summed E-state index contributed by atoms with van der Waals surface area (Å²) < 4.78 is 42.1. The van der Waals surface area contributed by atoms with Gasteiger partial charge >= 0.3 is 5.97 Å². The third kappa shape index (κ3) is 3.28. The summed E-state index contributed by atoms with van der Waals surface area (Å²) in [6, 6.07) is 7.54. The van der Waals surface area contributed by atoms with Gasteiger partial charge < -0.3 is 13.9 Å². The van der Waals surface area contributed by atoms with Crippen LogP contribution in [0.2, 0.25) is 0 Å². The number of benzene rings is 2. The lowest BCUT2D eigenvalue weighted by molar-refractivity contribution is 0.0445. The second kappa shape index (κ2) is 6.95. The van der Waals surface area contributed by atoms with Crippen molar-refractivity contribution in [1.29, 1.82) is 0 Å². The van der Waals surface area contributed by atoms with Crippen molar-refractivity contribution in [1.82, 2.24) is 0 Å². The number of carbonyl (C=O) groups excluding carboxylic acids is 2. The molecule has 3 rings (SSSR count). The highest BCUT2D eigenvalue weighted by molar-refractivity contribution is 6.00. The zero-order chi connectivity index (χ0) is 18.8. The quantitative estimate of drug-likeness (QED) is 0.507. The van der Waals surface area contributed by atoms with Crippen molar-refractivity contribution < 1.29 is 32.3 Å². The fourth-order valence-corrected chi connectivity index (χ4v) is 2.51. The number of hydrogen-bond acceptors (Lipinski definition) is 5. The first-order valence-corrected chi connectivity index (χ1v) is 7.63. The molecule has 3 aromatic rings. The highest BCUT2D eigenvalue weighted by atomic mass is 19.1. The van der Waals surface area contributed by atoms with Gasteiger partial charge in [-0.1, -0.05) is 0 Å². The minimum absolute atomic E-state index is 0.00340. The largest absolute Gasteiger partial charge is 0.494 e. The molecule has 0 unspecified atom stereocenters. The lowest BCUT2D eigenvalue weighted by atomic mass is 10.1. The Bertz CT molecular complexity index is 1010. The van der Waals surface area contributed by atoms with Gasteiger partial charge in [-0.15, -0.1) is 0 Å². The Morgan fingerprint density at radius 2 is 1.88 bits per heavy atom. The van der Waals surface area contributed by atoms with Crippen LogP contribution in [-0.4, -0.2) is 25.5 Å². The first-order chi connectivity index (χ1) is 12.4. The Morgan fingerprint density at radius 1 is 1.12 bits per heavy atom. The Kier molecular flexibility index (Phi) is 4.71. The van der Waals surface area contributed by atoms with Crippen LogP contribution >= 0.6 is 0 Å². The van der Waals surface area contributed by atoms with Crippen molar-refractivity contribution in [3.8, 4) is 5.75 Å². The molecular weight excluding hydrogens is 346 g/mol. The molecule has 1 heterocycles. The van der Waals surface area contributed by atoms with Crippen molar-refractivity contribution in [2.75, 3.05) is 13.7 Å². The molecule has 0 saturated heterocycles. The molecule has 2 aromatic carbocycles. The van der Waals surface area contributed by atoms with E-state index in [-0.39, 0.29) is 17.1 Å². The number of methoxy groups -OCH3 is 1. The molecule has 0 amide bonds. The molecule has 0 aliphatic heterocycles. The summed E-state index contributed by atoms with van der Waals surface area (Å²) in [7, 11) is 1.31. The monoisotopic (exact) mass is 360 g/mol. The van der Waals surface area contributed by atoms with Gasteiger partial charge in [-0.25, -0.2) is 13.6 Å². The average Bonchev–Trinajstić information content (AvgIpc) is 2.95. The predicted molar refractivity (Wildman–Crippen MR) is 88.5 cm³/mol. The normalized spacial score (nSPS) is 10.8. The number of carbonyl (C=O) groups is 2. The second-order valence-corrected chi connectivity index (χ2v) is 5.55. The van der Waals surface area contributed by atoms with Crippen LogP contribution in [0.3, 0.4) is 0 Å². The molecule has 0 radical (unpaired) electrons. The molecule has 0 fully saturated rings. The molecule has 134 valence electrons. The topological polar surface area (TPSA) is 65.7 Å². The van der Waals surface area contributed by atoms with Crippen molar-refractivity contribution in [3.63, 3.8) is 0 Å². The van der Waals surface area contributed by atoms with Gasteiger partial charge in [0.05, 0.1) is 7.11 Å². The average molecular weight is 360 g/mol. The molecule has 1 aromatic heterocycles. The molecule has 0 N–H and O–H groups in total. The number of furan rings is 1. The van der Waals surface area contributed by atoms with Crippen LogP contribution in [-0.2, 0) is 4.74 Å². The lowest BCUT2D eigenvalue weighted by Crippen LogP contribution is -2.14. The number of fused-ring (bicyclic) bond motifs is 1. The minimum Gasteiger partial charge on any atom is -0.494 e. The number of Topliss-reactive ketones (excluding diaryl/α,β-unsaturated/α-hetero) is 1. The number of rotatable bonds is 5. The summed E-state index contributed by atoms with van der Waals surface area (Å²) in [5.41, 5.74) is 0.784. The number of halogens is 2. The van der Waals surface area contributed by atoms with Crippen LogP contribution in [0.4, 0.5) is 8.78 Å². The highest BCUT2D eigenvalue weighted by Gasteiger charge is 2.21. The summed E-state index contributed by atoms with van der Waals surface area (Å²) in [5, 5.41) is 0.445. The van der Waals surface area contributed by atoms with E-state index >= 15 is 0 Å². The number of ketones is 1. The van der Waals surface area contributed by atoms with Crippen molar-refractivity contribution in [2.45, 2.75) is 6.92 Å².